The van der Waals surface area contributed by atoms with Crippen LogP contribution in [0.15, 0.2) is 28.1 Å². The molecule has 0 bridgehead atoms. The van der Waals surface area contributed by atoms with E-state index in [1.54, 1.807) is 30.0 Å². The van der Waals surface area contributed by atoms with Crippen LogP contribution in [0.25, 0.3) is 0 Å². The first-order chi connectivity index (χ1) is 10.2. The maximum Gasteiger partial charge on any atom is 0.221 e. The van der Waals surface area contributed by atoms with Crippen LogP contribution in [0.1, 0.15) is 29.3 Å². The van der Waals surface area contributed by atoms with Gasteiger partial charge in [-0.2, -0.15) is 0 Å². The Kier molecular flexibility index (Phi) is 3.24. The Labute approximate surface area is 131 Å². The van der Waals surface area contributed by atoms with Gasteiger partial charge in [-0.05, 0) is 12.0 Å². The quantitative estimate of drug-likeness (QED) is 0.881. The minimum Gasteiger partial charge on any atom is -0.317 e. The number of anilines is 1. The molecule has 0 aromatic carbocycles. The number of allylic oxidation sites excluding steroid dienone is 2. The van der Waals surface area contributed by atoms with Crippen LogP contribution in [0.2, 0.25) is 0 Å². The Morgan fingerprint density at radius 3 is 3.19 bits per heavy atom. The van der Waals surface area contributed by atoms with E-state index in [9.17, 15) is 4.79 Å². The maximum absolute atomic E-state index is 11.5. The summed E-state index contributed by atoms with van der Waals surface area (Å²) in [5.41, 5.74) is 2.44. The van der Waals surface area contributed by atoms with E-state index >= 15 is 0 Å². The second-order valence-electron chi connectivity index (χ2n) is 5.28. The van der Waals surface area contributed by atoms with Gasteiger partial charge < -0.3 is 10.6 Å². The fraction of sp³-hybridized carbons (Fsp3) is 0.333. The van der Waals surface area contributed by atoms with Crippen LogP contribution in [-0.4, -0.2) is 17.0 Å². The van der Waals surface area contributed by atoms with Gasteiger partial charge in [-0.3, -0.25) is 9.79 Å². The Morgan fingerprint density at radius 2 is 2.38 bits per heavy atom. The number of carbonyl (C=O) groups excluding carboxylic acids is 1. The molecule has 21 heavy (non-hydrogen) atoms. The highest BCUT2D eigenvalue weighted by Crippen LogP contribution is 2.44. The number of rotatable bonds is 2. The second kappa shape index (κ2) is 5.12. The molecular weight excluding hydrogens is 302 g/mol. The molecule has 0 spiro atoms. The Bertz CT molecular complexity index is 715. The summed E-state index contributed by atoms with van der Waals surface area (Å²) in [5.74, 6) is -0.0222. The Hall–Kier alpha value is -1.37. The van der Waals surface area contributed by atoms with E-state index in [2.05, 4.69) is 28.9 Å². The van der Waals surface area contributed by atoms with Crippen LogP contribution < -0.4 is 10.6 Å². The number of thioether (sulfide) groups is 1. The van der Waals surface area contributed by atoms with E-state index in [0.29, 0.717) is 0 Å². The van der Waals surface area contributed by atoms with Gasteiger partial charge in [0.25, 0.3) is 0 Å². The normalized spacial score (nSPS) is 22.6. The minimum absolute atomic E-state index is 0.0222. The average molecular weight is 317 g/mol. The third-order valence-electron chi connectivity index (χ3n) is 3.75. The van der Waals surface area contributed by atoms with Crippen molar-refractivity contribution in [3.8, 4) is 0 Å². The van der Waals surface area contributed by atoms with Crippen molar-refractivity contribution in [2.24, 2.45) is 4.99 Å². The fourth-order valence-electron chi connectivity index (χ4n) is 2.83. The summed E-state index contributed by atoms with van der Waals surface area (Å²) in [6.45, 7) is 3.31. The largest absolute Gasteiger partial charge is 0.317 e. The highest BCUT2D eigenvalue weighted by molar-refractivity contribution is 8.18. The predicted molar refractivity (Wildman–Crippen MR) is 88.9 cm³/mol. The lowest BCUT2D eigenvalue weighted by atomic mass is 10.1. The van der Waals surface area contributed by atoms with Gasteiger partial charge in [0.05, 0.1) is 6.04 Å². The molecule has 1 amide bonds. The van der Waals surface area contributed by atoms with Crippen molar-refractivity contribution in [2.75, 3.05) is 5.32 Å². The molecule has 0 fully saturated rings. The summed E-state index contributed by atoms with van der Waals surface area (Å²) in [4.78, 5) is 19.0. The van der Waals surface area contributed by atoms with Gasteiger partial charge in [0.1, 0.15) is 10.0 Å². The van der Waals surface area contributed by atoms with Crippen LogP contribution in [-0.2, 0) is 17.9 Å². The molecule has 1 unspecified atom stereocenters. The van der Waals surface area contributed by atoms with Gasteiger partial charge in [0.2, 0.25) is 5.91 Å². The van der Waals surface area contributed by atoms with Crippen molar-refractivity contribution >= 4 is 39.1 Å². The molecule has 1 aromatic heterocycles. The van der Waals surface area contributed by atoms with E-state index in [0.717, 1.165) is 35.1 Å². The van der Waals surface area contributed by atoms with Crippen molar-refractivity contribution in [1.82, 2.24) is 5.32 Å². The summed E-state index contributed by atoms with van der Waals surface area (Å²) in [6.07, 6.45) is 7.39. The minimum atomic E-state index is -0.0222. The number of nitrogens with zero attached hydrogens (tertiary/aromatic N) is 1. The lowest BCUT2D eigenvalue weighted by molar-refractivity contribution is -0.114. The predicted octanol–water partition coefficient (Wildman–Crippen LogP) is 3.02. The molecule has 0 saturated carbocycles. The molecule has 6 heteroatoms. The van der Waals surface area contributed by atoms with Crippen LogP contribution in [0, 0.1) is 0 Å². The van der Waals surface area contributed by atoms with Gasteiger partial charge in [-0.25, -0.2) is 0 Å². The third-order valence-corrected chi connectivity index (χ3v) is 6.05. The van der Waals surface area contributed by atoms with Gasteiger partial charge >= 0.3 is 0 Å². The first kappa shape index (κ1) is 13.3. The highest BCUT2D eigenvalue weighted by Gasteiger charge is 2.31. The van der Waals surface area contributed by atoms with E-state index < -0.39 is 0 Å². The molecule has 1 aliphatic carbocycles. The van der Waals surface area contributed by atoms with Gasteiger partial charge in [0, 0.05) is 35.4 Å². The molecule has 3 heterocycles. The number of amides is 1. The summed E-state index contributed by atoms with van der Waals surface area (Å²) >= 11 is 3.42. The maximum atomic E-state index is 11.5. The van der Waals surface area contributed by atoms with E-state index in [1.165, 1.54) is 15.3 Å². The number of carbonyl (C=O) groups is 1. The number of fused-ring (bicyclic) bond motifs is 2. The topological polar surface area (TPSA) is 53.5 Å². The molecule has 2 N–H and O–H groups in total. The summed E-state index contributed by atoms with van der Waals surface area (Å²) < 4.78 is 0. The lowest BCUT2D eigenvalue weighted by Gasteiger charge is -2.08. The molecule has 3 aliphatic rings. The number of nitrogens with one attached hydrogen (secondary N) is 2. The van der Waals surface area contributed by atoms with Crippen LogP contribution >= 0.6 is 23.1 Å². The smallest absolute Gasteiger partial charge is 0.221 e. The average Bonchev–Trinajstić information content (AvgIpc) is 3.10. The fourth-order valence-corrected chi connectivity index (χ4v) is 5.29. The Morgan fingerprint density at radius 1 is 1.48 bits per heavy atom. The first-order valence-corrected chi connectivity index (χ1v) is 8.61. The molecule has 1 atom stereocenters. The second-order valence-corrected chi connectivity index (χ2v) is 7.45. The zero-order valence-corrected chi connectivity index (χ0v) is 13.2. The van der Waals surface area contributed by atoms with E-state index in [1.807, 2.05) is 0 Å². The zero-order chi connectivity index (χ0) is 14.4. The number of hydrogen-bond acceptors (Lipinski definition) is 5. The number of thiophene rings is 1. The third kappa shape index (κ3) is 2.27. The molecule has 2 aliphatic heterocycles. The van der Waals surface area contributed by atoms with Crippen LogP contribution in [0.3, 0.4) is 0 Å². The van der Waals surface area contributed by atoms with Crippen molar-refractivity contribution < 1.29 is 4.79 Å². The summed E-state index contributed by atoms with van der Waals surface area (Å²) in [5, 5.41) is 8.37. The van der Waals surface area contributed by atoms with Crippen LogP contribution in [0.4, 0.5) is 5.00 Å². The molecule has 0 saturated heterocycles. The molecule has 4 rings (SSSR count). The van der Waals surface area contributed by atoms with Gasteiger partial charge in [-0.1, -0.05) is 30.0 Å². The SMILES string of the molecule is CC(=O)Nc1sc2c(c1C1=NC3CC=CC=C3S1)CNC2. The molecule has 0 radical (unpaired) electrons. The standard InChI is InChI=1S/C15H15N3OS2/c1-8(19)17-14-13(9-6-16-7-12(9)21-14)15-18-10-4-2-3-5-11(10)20-15/h2-3,5,10,16H,4,6-7H2,1H3,(H,17,19). The molecular formula is C15H15N3OS2. The van der Waals surface area contributed by atoms with Crippen molar-refractivity contribution in [3.05, 3.63) is 39.1 Å². The first-order valence-electron chi connectivity index (χ1n) is 6.98. The molecule has 4 nitrogen and oxygen atoms in total. The van der Waals surface area contributed by atoms with E-state index in [4.69, 9.17) is 4.99 Å². The highest BCUT2D eigenvalue weighted by atomic mass is 32.2. The zero-order valence-electron chi connectivity index (χ0n) is 11.6. The van der Waals surface area contributed by atoms with Gasteiger partial charge in [-0.15, -0.1) is 11.3 Å². The summed E-state index contributed by atoms with van der Waals surface area (Å²) in [7, 11) is 0. The molecule has 108 valence electrons. The number of hydrogen-bond donors (Lipinski definition) is 2. The summed E-state index contributed by atoms with van der Waals surface area (Å²) in [6, 6.07) is 0.269. The molecule has 1 aromatic rings. The Balaban J connectivity index is 1.76. The van der Waals surface area contributed by atoms with Crippen LogP contribution in [0.5, 0.6) is 0 Å². The van der Waals surface area contributed by atoms with Gasteiger partial charge in [0.15, 0.2) is 0 Å². The van der Waals surface area contributed by atoms with E-state index in [-0.39, 0.29) is 11.9 Å². The van der Waals surface area contributed by atoms with Crippen molar-refractivity contribution in [2.45, 2.75) is 32.5 Å². The van der Waals surface area contributed by atoms with Crippen molar-refractivity contribution in [1.29, 1.82) is 0 Å². The van der Waals surface area contributed by atoms with Crippen molar-refractivity contribution in [3.63, 3.8) is 0 Å². The lowest BCUT2D eigenvalue weighted by Crippen LogP contribution is -2.10. The number of aliphatic imine (C=N–C) groups is 1. The monoisotopic (exact) mass is 317 g/mol.